The van der Waals surface area contributed by atoms with Gasteiger partial charge in [-0.1, -0.05) is 32.1 Å². The number of carbonyl (C=O) groups excluding carboxylic acids is 1. The van der Waals surface area contributed by atoms with Crippen LogP contribution in [0.1, 0.15) is 51.4 Å². The number of aliphatic carboxylic acids is 1. The summed E-state index contributed by atoms with van der Waals surface area (Å²) in [4.78, 5) is 20.4. The topological polar surface area (TPSA) is 54.4 Å². The Morgan fingerprint density at radius 3 is 2.20 bits per heavy atom. The molecular formula is C11H19ClO3. The highest BCUT2D eigenvalue weighted by Gasteiger charge is 2.11. The predicted molar refractivity (Wildman–Crippen MR) is 60.3 cm³/mol. The molecule has 0 aromatic carbocycles. The number of aldehydes is 1. The Morgan fingerprint density at radius 1 is 1.13 bits per heavy atom. The third-order valence-electron chi connectivity index (χ3n) is 2.30. The highest BCUT2D eigenvalue weighted by molar-refractivity contribution is 6.29. The Labute approximate surface area is 95.8 Å². The van der Waals surface area contributed by atoms with Crippen LogP contribution in [0.25, 0.3) is 0 Å². The van der Waals surface area contributed by atoms with Gasteiger partial charge in [-0.2, -0.15) is 0 Å². The molecule has 0 aliphatic heterocycles. The summed E-state index contributed by atoms with van der Waals surface area (Å²) >= 11 is 5.56. The molecule has 0 amide bonds. The van der Waals surface area contributed by atoms with Crippen LogP contribution in [0, 0.1) is 0 Å². The quantitative estimate of drug-likeness (QED) is 0.359. The summed E-state index contributed by atoms with van der Waals surface area (Å²) in [7, 11) is 0. The number of hydrogen-bond acceptors (Lipinski definition) is 2. The van der Waals surface area contributed by atoms with Gasteiger partial charge >= 0.3 is 5.97 Å². The third kappa shape index (κ3) is 9.73. The van der Waals surface area contributed by atoms with Crippen molar-refractivity contribution in [1.29, 1.82) is 0 Å². The standard InChI is InChI=1S/C11H19ClO3/c12-10(11(14)15)8-6-4-2-1-3-5-7-9-13/h9-10H,1-8H2,(H,14,15). The van der Waals surface area contributed by atoms with Crippen molar-refractivity contribution in [2.24, 2.45) is 0 Å². The average molecular weight is 235 g/mol. The van der Waals surface area contributed by atoms with Gasteiger partial charge in [-0.05, 0) is 12.8 Å². The summed E-state index contributed by atoms with van der Waals surface area (Å²) in [6, 6.07) is 0. The van der Waals surface area contributed by atoms with Gasteiger partial charge in [-0.3, -0.25) is 4.79 Å². The van der Waals surface area contributed by atoms with Gasteiger partial charge < -0.3 is 9.90 Å². The number of halogens is 1. The van der Waals surface area contributed by atoms with E-state index in [1.807, 2.05) is 0 Å². The molecule has 0 aromatic rings. The van der Waals surface area contributed by atoms with E-state index >= 15 is 0 Å². The van der Waals surface area contributed by atoms with Crippen LogP contribution in [-0.2, 0) is 9.59 Å². The van der Waals surface area contributed by atoms with E-state index in [4.69, 9.17) is 16.7 Å². The maximum atomic E-state index is 10.4. The van der Waals surface area contributed by atoms with E-state index < -0.39 is 11.3 Å². The number of hydrogen-bond donors (Lipinski definition) is 1. The molecule has 0 radical (unpaired) electrons. The van der Waals surface area contributed by atoms with Crippen LogP contribution in [0.3, 0.4) is 0 Å². The van der Waals surface area contributed by atoms with Crippen molar-refractivity contribution in [2.75, 3.05) is 0 Å². The summed E-state index contributed by atoms with van der Waals surface area (Å²) in [5, 5.41) is 7.78. The lowest BCUT2D eigenvalue weighted by Gasteiger charge is -2.03. The van der Waals surface area contributed by atoms with E-state index in [0.717, 1.165) is 44.8 Å². The molecule has 0 saturated carbocycles. The molecule has 1 atom stereocenters. The molecule has 0 rings (SSSR count). The molecule has 88 valence electrons. The summed E-state index contributed by atoms with van der Waals surface area (Å²) in [6.45, 7) is 0. The van der Waals surface area contributed by atoms with Crippen LogP contribution in [0.4, 0.5) is 0 Å². The Kier molecular flexibility index (Phi) is 9.59. The predicted octanol–water partition coefficient (Wildman–Crippen LogP) is 3.00. The number of carboxylic acid groups (broad SMARTS) is 1. The largest absolute Gasteiger partial charge is 0.480 e. The van der Waals surface area contributed by atoms with Gasteiger partial charge in [0.15, 0.2) is 0 Å². The Bertz CT molecular complexity index is 183. The lowest BCUT2D eigenvalue weighted by molar-refractivity contribution is -0.136. The van der Waals surface area contributed by atoms with Gasteiger partial charge in [0, 0.05) is 6.42 Å². The van der Waals surface area contributed by atoms with Gasteiger partial charge in [0.2, 0.25) is 0 Å². The molecule has 0 fully saturated rings. The molecular weight excluding hydrogens is 216 g/mol. The fraction of sp³-hybridized carbons (Fsp3) is 0.818. The van der Waals surface area contributed by atoms with Crippen LogP contribution >= 0.6 is 11.6 Å². The number of unbranched alkanes of at least 4 members (excludes halogenated alkanes) is 6. The van der Waals surface area contributed by atoms with E-state index in [2.05, 4.69) is 0 Å². The first-order chi connectivity index (χ1) is 7.18. The Hall–Kier alpha value is -0.570. The summed E-state index contributed by atoms with van der Waals surface area (Å²) in [5.41, 5.74) is 0. The minimum absolute atomic E-state index is 0.547. The van der Waals surface area contributed by atoms with E-state index in [1.165, 1.54) is 0 Å². The monoisotopic (exact) mass is 234 g/mol. The van der Waals surface area contributed by atoms with E-state index in [-0.39, 0.29) is 0 Å². The minimum atomic E-state index is -0.928. The molecule has 3 nitrogen and oxygen atoms in total. The minimum Gasteiger partial charge on any atom is -0.480 e. The normalized spacial score (nSPS) is 12.3. The second-order valence-corrected chi connectivity index (χ2v) is 4.20. The fourth-order valence-corrected chi connectivity index (χ4v) is 1.54. The zero-order chi connectivity index (χ0) is 11.5. The molecule has 0 saturated heterocycles. The van der Waals surface area contributed by atoms with Crippen LogP contribution in [0.2, 0.25) is 0 Å². The molecule has 0 spiro atoms. The maximum absolute atomic E-state index is 10.4. The molecule has 0 heterocycles. The highest BCUT2D eigenvalue weighted by atomic mass is 35.5. The van der Waals surface area contributed by atoms with E-state index in [1.54, 1.807) is 0 Å². The molecule has 0 aromatic heterocycles. The van der Waals surface area contributed by atoms with Crippen molar-refractivity contribution < 1.29 is 14.7 Å². The highest BCUT2D eigenvalue weighted by Crippen LogP contribution is 2.12. The number of rotatable bonds is 10. The maximum Gasteiger partial charge on any atom is 0.321 e. The van der Waals surface area contributed by atoms with Crippen molar-refractivity contribution in [3.05, 3.63) is 0 Å². The molecule has 1 N–H and O–H groups in total. The van der Waals surface area contributed by atoms with Crippen molar-refractivity contribution >= 4 is 23.9 Å². The lowest BCUT2D eigenvalue weighted by Crippen LogP contribution is -2.12. The van der Waals surface area contributed by atoms with Crippen LogP contribution in [-0.4, -0.2) is 22.7 Å². The van der Waals surface area contributed by atoms with Crippen LogP contribution < -0.4 is 0 Å². The molecule has 15 heavy (non-hydrogen) atoms. The second kappa shape index (κ2) is 9.97. The molecule has 0 bridgehead atoms. The number of carboxylic acids is 1. The number of alkyl halides is 1. The van der Waals surface area contributed by atoms with E-state index in [9.17, 15) is 9.59 Å². The molecule has 1 unspecified atom stereocenters. The fourth-order valence-electron chi connectivity index (χ4n) is 1.38. The van der Waals surface area contributed by atoms with Crippen molar-refractivity contribution in [1.82, 2.24) is 0 Å². The Balaban J connectivity index is 3.11. The van der Waals surface area contributed by atoms with Gasteiger partial charge in [0.1, 0.15) is 11.7 Å². The van der Waals surface area contributed by atoms with Gasteiger partial charge in [0.05, 0.1) is 0 Å². The van der Waals surface area contributed by atoms with Gasteiger partial charge in [0.25, 0.3) is 0 Å². The number of carbonyl (C=O) groups is 2. The van der Waals surface area contributed by atoms with Gasteiger partial charge in [-0.25, -0.2) is 0 Å². The lowest BCUT2D eigenvalue weighted by atomic mass is 10.1. The second-order valence-electron chi connectivity index (χ2n) is 3.67. The van der Waals surface area contributed by atoms with Crippen molar-refractivity contribution in [2.45, 2.75) is 56.7 Å². The summed E-state index contributed by atoms with van der Waals surface area (Å²) < 4.78 is 0. The third-order valence-corrected chi connectivity index (χ3v) is 2.70. The average Bonchev–Trinajstić information content (AvgIpc) is 2.21. The molecule has 4 heteroatoms. The van der Waals surface area contributed by atoms with Crippen molar-refractivity contribution in [3.8, 4) is 0 Å². The van der Waals surface area contributed by atoms with Gasteiger partial charge in [-0.15, -0.1) is 11.6 Å². The molecule has 0 aliphatic carbocycles. The summed E-state index contributed by atoms with van der Waals surface area (Å²) in [6.07, 6.45) is 8.32. The zero-order valence-corrected chi connectivity index (χ0v) is 9.71. The first kappa shape index (κ1) is 14.4. The zero-order valence-electron chi connectivity index (χ0n) is 8.95. The smallest absolute Gasteiger partial charge is 0.321 e. The Morgan fingerprint density at radius 2 is 1.67 bits per heavy atom. The first-order valence-electron chi connectivity index (χ1n) is 5.49. The van der Waals surface area contributed by atoms with Crippen LogP contribution in [0.15, 0.2) is 0 Å². The SMILES string of the molecule is O=CCCCCCCCCC(Cl)C(=O)O. The first-order valence-corrected chi connectivity index (χ1v) is 5.92. The van der Waals surface area contributed by atoms with E-state index in [0.29, 0.717) is 12.8 Å². The van der Waals surface area contributed by atoms with Crippen molar-refractivity contribution in [3.63, 3.8) is 0 Å². The molecule has 0 aliphatic rings. The van der Waals surface area contributed by atoms with Crippen LogP contribution in [0.5, 0.6) is 0 Å². The summed E-state index contributed by atoms with van der Waals surface area (Å²) in [5.74, 6) is -0.928.